The van der Waals surface area contributed by atoms with Crippen molar-refractivity contribution in [3.63, 3.8) is 0 Å². The van der Waals surface area contributed by atoms with E-state index >= 15 is 0 Å². The number of benzene rings is 1. The van der Waals surface area contributed by atoms with Crippen molar-refractivity contribution in [1.82, 2.24) is 0 Å². The minimum Gasteiger partial charge on any atom is -0.478 e. The lowest BCUT2D eigenvalue weighted by Gasteiger charge is -2.10. The van der Waals surface area contributed by atoms with Crippen LogP contribution in [-0.4, -0.2) is 17.0 Å². The highest BCUT2D eigenvalue weighted by molar-refractivity contribution is 9.10. The number of carbonyl (C=O) groups excluding carboxylic acids is 1. The Balaban J connectivity index is 2.01. The molecule has 1 aliphatic carbocycles. The van der Waals surface area contributed by atoms with Gasteiger partial charge in [0.15, 0.2) is 0 Å². The molecule has 0 bridgehead atoms. The second-order valence-electron chi connectivity index (χ2n) is 4.94. The number of halogens is 1. The number of carbonyl (C=O) groups is 2. The monoisotopic (exact) mass is 325 g/mol. The summed E-state index contributed by atoms with van der Waals surface area (Å²) in [6, 6.07) is 4.69. The van der Waals surface area contributed by atoms with Gasteiger partial charge in [-0.25, -0.2) is 4.79 Å². The van der Waals surface area contributed by atoms with Crippen LogP contribution in [0.15, 0.2) is 22.7 Å². The molecule has 4 nitrogen and oxygen atoms in total. The topological polar surface area (TPSA) is 66.4 Å². The Hall–Kier alpha value is -1.36. The number of hydrogen-bond acceptors (Lipinski definition) is 2. The second-order valence-corrected chi connectivity index (χ2v) is 5.85. The predicted octanol–water partition coefficient (Wildman–Crippen LogP) is 3.67. The van der Waals surface area contributed by atoms with Crippen LogP contribution >= 0.6 is 15.9 Å². The number of nitrogens with one attached hydrogen (secondary N) is 1. The molecule has 2 rings (SSSR count). The molecule has 0 radical (unpaired) electrons. The minimum absolute atomic E-state index is 0.0404. The molecule has 0 atom stereocenters. The third-order valence-corrected chi connectivity index (χ3v) is 3.84. The highest BCUT2D eigenvalue weighted by Gasteiger charge is 2.18. The fourth-order valence-corrected chi connectivity index (χ4v) is 2.97. The van der Waals surface area contributed by atoms with Crippen molar-refractivity contribution in [3.05, 3.63) is 28.2 Å². The van der Waals surface area contributed by atoms with Gasteiger partial charge in [-0.3, -0.25) is 4.79 Å². The smallest absolute Gasteiger partial charge is 0.335 e. The van der Waals surface area contributed by atoms with Crippen molar-refractivity contribution in [2.24, 2.45) is 5.92 Å². The molecular formula is C14H16BrNO3. The van der Waals surface area contributed by atoms with Gasteiger partial charge in [0.25, 0.3) is 0 Å². The van der Waals surface area contributed by atoms with E-state index in [1.807, 2.05) is 0 Å². The first-order chi connectivity index (χ1) is 9.04. The Morgan fingerprint density at radius 2 is 1.95 bits per heavy atom. The summed E-state index contributed by atoms with van der Waals surface area (Å²) < 4.78 is 0.642. The first-order valence-electron chi connectivity index (χ1n) is 6.38. The third-order valence-electron chi connectivity index (χ3n) is 3.38. The average Bonchev–Trinajstić information content (AvgIpc) is 2.80. The van der Waals surface area contributed by atoms with Gasteiger partial charge in [0.1, 0.15) is 0 Å². The average molecular weight is 326 g/mol. The highest BCUT2D eigenvalue weighted by atomic mass is 79.9. The van der Waals surface area contributed by atoms with Gasteiger partial charge < -0.3 is 10.4 Å². The fourth-order valence-electron chi connectivity index (χ4n) is 2.47. The Bertz CT molecular complexity index is 495. The van der Waals surface area contributed by atoms with Crippen LogP contribution in [0.5, 0.6) is 0 Å². The zero-order chi connectivity index (χ0) is 13.8. The van der Waals surface area contributed by atoms with Crippen LogP contribution in [0.1, 0.15) is 42.5 Å². The lowest BCUT2D eigenvalue weighted by molar-refractivity contribution is -0.117. The zero-order valence-electron chi connectivity index (χ0n) is 10.5. The number of amides is 1. The van der Waals surface area contributed by atoms with Crippen LogP contribution in [0.2, 0.25) is 0 Å². The zero-order valence-corrected chi connectivity index (χ0v) is 12.1. The molecule has 1 aromatic rings. The van der Waals surface area contributed by atoms with E-state index in [0.717, 1.165) is 12.8 Å². The summed E-state index contributed by atoms with van der Waals surface area (Å²) in [6.45, 7) is 0. The largest absolute Gasteiger partial charge is 0.478 e. The molecule has 1 aromatic carbocycles. The quantitative estimate of drug-likeness (QED) is 0.887. The molecule has 1 fully saturated rings. The first kappa shape index (κ1) is 14.1. The van der Waals surface area contributed by atoms with Crippen molar-refractivity contribution in [1.29, 1.82) is 0 Å². The number of anilines is 1. The Morgan fingerprint density at radius 1 is 1.26 bits per heavy atom. The summed E-state index contributed by atoms with van der Waals surface area (Å²) in [4.78, 5) is 22.8. The molecule has 1 amide bonds. The van der Waals surface area contributed by atoms with Crippen LogP contribution < -0.4 is 5.32 Å². The fraction of sp³-hybridized carbons (Fsp3) is 0.429. The Kier molecular flexibility index (Phi) is 4.58. The van der Waals surface area contributed by atoms with E-state index in [0.29, 0.717) is 22.5 Å². The SMILES string of the molecule is O=C(CC1CCCC1)Nc1cc(Br)cc(C(=O)O)c1. The predicted molar refractivity (Wildman–Crippen MR) is 76.3 cm³/mol. The summed E-state index contributed by atoms with van der Waals surface area (Å²) in [6.07, 6.45) is 5.17. The molecule has 0 aromatic heterocycles. The van der Waals surface area contributed by atoms with Crippen molar-refractivity contribution in [2.45, 2.75) is 32.1 Å². The van der Waals surface area contributed by atoms with Gasteiger partial charge in [0.05, 0.1) is 5.56 Å². The van der Waals surface area contributed by atoms with Crippen LogP contribution in [-0.2, 0) is 4.79 Å². The van der Waals surface area contributed by atoms with Gasteiger partial charge in [-0.05, 0) is 37.0 Å². The molecule has 1 saturated carbocycles. The van der Waals surface area contributed by atoms with E-state index in [2.05, 4.69) is 21.2 Å². The van der Waals surface area contributed by atoms with Gasteiger partial charge in [-0.1, -0.05) is 28.8 Å². The summed E-state index contributed by atoms with van der Waals surface area (Å²) in [7, 11) is 0. The lowest BCUT2D eigenvalue weighted by Crippen LogP contribution is -2.15. The van der Waals surface area contributed by atoms with Gasteiger partial charge >= 0.3 is 5.97 Å². The van der Waals surface area contributed by atoms with E-state index in [4.69, 9.17) is 5.11 Å². The third kappa shape index (κ3) is 4.06. The maximum Gasteiger partial charge on any atom is 0.335 e. The van der Waals surface area contributed by atoms with Crippen LogP contribution in [0, 0.1) is 5.92 Å². The normalized spacial score (nSPS) is 15.4. The molecule has 1 aliphatic rings. The van der Waals surface area contributed by atoms with Crippen LogP contribution in [0.4, 0.5) is 5.69 Å². The second kappa shape index (κ2) is 6.19. The van der Waals surface area contributed by atoms with Crippen molar-refractivity contribution < 1.29 is 14.7 Å². The number of aromatic carboxylic acids is 1. The van der Waals surface area contributed by atoms with Gasteiger partial charge in [-0.2, -0.15) is 0 Å². The molecule has 5 heteroatoms. The van der Waals surface area contributed by atoms with Crippen LogP contribution in [0.3, 0.4) is 0 Å². The molecule has 0 saturated heterocycles. The van der Waals surface area contributed by atoms with E-state index in [1.54, 1.807) is 6.07 Å². The molecular weight excluding hydrogens is 310 g/mol. The molecule has 0 heterocycles. The molecule has 0 spiro atoms. The maximum absolute atomic E-state index is 11.9. The van der Waals surface area contributed by atoms with Gasteiger partial charge in [-0.15, -0.1) is 0 Å². The van der Waals surface area contributed by atoms with Crippen molar-refractivity contribution in [2.75, 3.05) is 5.32 Å². The number of carboxylic acids is 1. The standard InChI is InChI=1S/C14H16BrNO3/c15-11-6-10(14(18)19)7-12(8-11)16-13(17)5-9-3-1-2-4-9/h6-9H,1-5H2,(H,16,17)(H,18,19). The lowest BCUT2D eigenvalue weighted by atomic mass is 10.0. The summed E-state index contributed by atoms with van der Waals surface area (Å²) in [5.74, 6) is -0.569. The number of hydrogen-bond donors (Lipinski definition) is 2. The number of rotatable bonds is 4. The van der Waals surface area contributed by atoms with Gasteiger partial charge in [0, 0.05) is 16.6 Å². The van der Waals surface area contributed by atoms with E-state index in [9.17, 15) is 9.59 Å². The molecule has 2 N–H and O–H groups in total. The summed E-state index contributed by atoms with van der Waals surface area (Å²) in [5, 5.41) is 11.7. The van der Waals surface area contributed by atoms with Crippen molar-refractivity contribution in [3.8, 4) is 0 Å². The molecule has 19 heavy (non-hydrogen) atoms. The van der Waals surface area contributed by atoms with E-state index < -0.39 is 5.97 Å². The van der Waals surface area contributed by atoms with E-state index in [-0.39, 0.29) is 11.5 Å². The van der Waals surface area contributed by atoms with Crippen LogP contribution in [0.25, 0.3) is 0 Å². The maximum atomic E-state index is 11.9. The summed E-state index contributed by atoms with van der Waals surface area (Å²) >= 11 is 3.24. The molecule has 102 valence electrons. The van der Waals surface area contributed by atoms with Gasteiger partial charge in [0.2, 0.25) is 5.91 Å². The number of carboxylic acid groups (broad SMARTS) is 1. The minimum atomic E-state index is -1.01. The molecule has 0 aliphatic heterocycles. The Labute approximate surface area is 120 Å². The molecule has 0 unspecified atom stereocenters. The first-order valence-corrected chi connectivity index (χ1v) is 7.17. The Morgan fingerprint density at radius 3 is 2.58 bits per heavy atom. The highest BCUT2D eigenvalue weighted by Crippen LogP contribution is 2.28. The summed E-state index contributed by atoms with van der Waals surface area (Å²) in [5.41, 5.74) is 0.681. The van der Waals surface area contributed by atoms with Crippen molar-refractivity contribution >= 4 is 33.5 Å². The van der Waals surface area contributed by atoms with E-state index in [1.165, 1.54) is 25.0 Å².